The summed E-state index contributed by atoms with van der Waals surface area (Å²) in [5.41, 5.74) is 11.4. The molecule has 0 saturated heterocycles. The van der Waals surface area contributed by atoms with E-state index >= 15 is 0 Å². The van der Waals surface area contributed by atoms with Crippen molar-refractivity contribution >= 4 is 5.91 Å². The van der Waals surface area contributed by atoms with Crippen LogP contribution in [0.3, 0.4) is 0 Å². The Morgan fingerprint density at radius 3 is 2.23 bits per heavy atom. The summed E-state index contributed by atoms with van der Waals surface area (Å²) in [6.07, 6.45) is 5.80. The van der Waals surface area contributed by atoms with Crippen LogP contribution in [-0.4, -0.2) is 20.3 Å². The average Bonchev–Trinajstić information content (AvgIpc) is 3.65. The van der Waals surface area contributed by atoms with Crippen molar-refractivity contribution in [2.75, 3.05) is 0 Å². The SMILES string of the molecule is NCc1ccc(CNC(=O)c2cn(Cc3ccc(Cn4ccccc4=O)cc3)nc2C2CC2)cc1. The first-order chi connectivity index (χ1) is 17.1. The Labute approximate surface area is 204 Å². The maximum atomic E-state index is 13.0. The van der Waals surface area contributed by atoms with E-state index in [0.717, 1.165) is 40.8 Å². The number of nitrogens with zero attached hydrogens (tertiary/aromatic N) is 3. The lowest BCUT2D eigenvalue weighted by molar-refractivity contribution is 0.0950. The van der Waals surface area contributed by atoms with Crippen LogP contribution in [0, 0.1) is 0 Å². The lowest BCUT2D eigenvalue weighted by Gasteiger charge is -2.07. The van der Waals surface area contributed by atoms with Gasteiger partial charge in [0.25, 0.3) is 11.5 Å². The highest BCUT2D eigenvalue weighted by atomic mass is 16.1. The monoisotopic (exact) mass is 467 g/mol. The number of nitrogens with one attached hydrogen (secondary N) is 1. The molecule has 3 N–H and O–H groups in total. The summed E-state index contributed by atoms with van der Waals surface area (Å²) in [6, 6.07) is 21.3. The standard InChI is InChI=1S/C28H29N5O2/c29-15-20-4-6-21(7-5-20)16-30-28(35)25-19-33(31-27(25)24-12-13-24)18-23-10-8-22(9-11-23)17-32-14-2-1-3-26(32)34/h1-11,14,19,24H,12-13,15-18,29H2,(H,30,35). The van der Waals surface area contributed by atoms with E-state index in [-0.39, 0.29) is 11.5 Å². The van der Waals surface area contributed by atoms with Gasteiger partial charge in [-0.1, -0.05) is 54.6 Å². The van der Waals surface area contributed by atoms with Crippen LogP contribution in [0.1, 0.15) is 57.1 Å². The molecule has 4 aromatic rings. The lowest BCUT2D eigenvalue weighted by Crippen LogP contribution is -2.23. The fraction of sp³-hybridized carbons (Fsp3) is 0.250. The molecule has 35 heavy (non-hydrogen) atoms. The zero-order chi connectivity index (χ0) is 24.2. The number of rotatable bonds is 9. The fourth-order valence-corrected chi connectivity index (χ4v) is 4.15. The Balaban J connectivity index is 1.25. The zero-order valence-corrected chi connectivity index (χ0v) is 19.6. The predicted molar refractivity (Wildman–Crippen MR) is 135 cm³/mol. The van der Waals surface area contributed by atoms with Crippen LogP contribution < -0.4 is 16.6 Å². The third-order valence-electron chi connectivity index (χ3n) is 6.33. The van der Waals surface area contributed by atoms with Gasteiger partial charge in [0.2, 0.25) is 0 Å². The van der Waals surface area contributed by atoms with Gasteiger partial charge in [-0.15, -0.1) is 0 Å². The van der Waals surface area contributed by atoms with Crippen LogP contribution in [0.15, 0.2) is 83.9 Å². The maximum absolute atomic E-state index is 13.0. The van der Waals surface area contributed by atoms with E-state index in [1.165, 1.54) is 0 Å². The number of benzene rings is 2. The number of aromatic nitrogens is 3. The van der Waals surface area contributed by atoms with E-state index < -0.39 is 0 Å². The molecule has 7 nitrogen and oxygen atoms in total. The molecule has 0 radical (unpaired) electrons. The van der Waals surface area contributed by atoms with Gasteiger partial charge in [-0.25, -0.2) is 0 Å². The highest BCUT2D eigenvalue weighted by Gasteiger charge is 2.31. The van der Waals surface area contributed by atoms with Crippen molar-refractivity contribution in [3.8, 4) is 0 Å². The summed E-state index contributed by atoms with van der Waals surface area (Å²) in [4.78, 5) is 24.9. The van der Waals surface area contributed by atoms with Crippen molar-refractivity contribution < 1.29 is 4.79 Å². The summed E-state index contributed by atoms with van der Waals surface area (Å²) >= 11 is 0. The number of hydrogen-bond donors (Lipinski definition) is 2. The molecule has 5 rings (SSSR count). The number of carbonyl (C=O) groups is 1. The van der Waals surface area contributed by atoms with E-state index in [0.29, 0.717) is 37.7 Å². The molecular formula is C28H29N5O2. The minimum absolute atomic E-state index is 0.0147. The Hall–Kier alpha value is -3.97. The molecule has 1 saturated carbocycles. The van der Waals surface area contributed by atoms with Crippen molar-refractivity contribution in [1.29, 1.82) is 0 Å². The molecule has 0 spiro atoms. The normalized spacial score (nSPS) is 13.1. The summed E-state index contributed by atoms with van der Waals surface area (Å²) in [7, 11) is 0. The van der Waals surface area contributed by atoms with Gasteiger partial charge < -0.3 is 15.6 Å². The zero-order valence-electron chi connectivity index (χ0n) is 19.6. The molecule has 0 aliphatic heterocycles. The van der Waals surface area contributed by atoms with E-state index in [9.17, 15) is 9.59 Å². The third kappa shape index (κ3) is 5.58. The van der Waals surface area contributed by atoms with Gasteiger partial charge >= 0.3 is 0 Å². The van der Waals surface area contributed by atoms with E-state index in [1.54, 1.807) is 22.9 Å². The molecule has 0 bridgehead atoms. The van der Waals surface area contributed by atoms with Crippen LogP contribution in [0.2, 0.25) is 0 Å². The van der Waals surface area contributed by atoms with Crippen LogP contribution in [-0.2, 0) is 26.2 Å². The summed E-state index contributed by atoms with van der Waals surface area (Å²) in [6.45, 7) is 2.09. The number of hydrogen-bond acceptors (Lipinski definition) is 4. The lowest BCUT2D eigenvalue weighted by atomic mass is 10.1. The van der Waals surface area contributed by atoms with Crippen molar-refractivity contribution in [1.82, 2.24) is 19.7 Å². The maximum Gasteiger partial charge on any atom is 0.255 e. The van der Waals surface area contributed by atoms with E-state index in [1.807, 2.05) is 65.5 Å². The summed E-state index contributed by atoms with van der Waals surface area (Å²) in [5, 5.41) is 7.80. The van der Waals surface area contributed by atoms with Gasteiger partial charge in [0.15, 0.2) is 0 Å². The fourth-order valence-electron chi connectivity index (χ4n) is 4.15. The van der Waals surface area contributed by atoms with Crippen LogP contribution >= 0.6 is 0 Å². The van der Waals surface area contributed by atoms with Crippen LogP contribution in [0.4, 0.5) is 0 Å². The Bertz CT molecular complexity index is 1370. The van der Waals surface area contributed by atoms with Gasteiger partial charge in [-0.05, 0) is 41.2 Å². The van der Waals surface area contributed by atoms with Crippen LogP contribution in [0.25, 0.3) is 0 Å². The molecule has 2 heterocycles. The van der Waals surface area contributed by atoms with Crippen molar-refractivity contribution in [2.45, 2.75) is 44.9 Å². The smallest absolute Gasteiger partial charge is 0.255 e. The van der Waals surface area contributed by atoms with Crippen molar-refractivity contribution in [3.05, 3.63) is 123 Å². The molecule has 1 fully saturated rings. The van der Waals surface area contributed by atoms with Gasteiger partial charge in [0, 0.05) is 37.5 Å². The topological polar surface area (TPSA) is 94.9 Å². The van der Waals surface area contributed by atoms with Gasteiger partial charge in [0.05, 0.1) is 24.3 Å². The van der Waals surface area contributed by atoms with Crippen molar-refractivity contribution in [3.63, 3.8) is 0 Å². The first-order valence-electron chi connectivity index (χ1n) is 12.0. The third-order valence-corrected chi connectivity index (χ3v) is 6.33. The highest BCUT2D eigenvalue weighted by molar-refractivity contribution is 5.95. The first-order valence-corrected chi connectivity index (χ1v) is 12.0. The quantitative estimate of drug-likeness (QED) is 0.394. The first kappa shape index (κ1) is 22.8. The van der Waals surface area contributed by atoms with Gasteiger partial charge in [-0.2, -0.15) is 5.10 Å². The molecule has 0 unspecified atom stereocenters. The molecule has 2 aromatic heterocycles. The largest absolute Gasteiger partial charge is 0.348 e. The minimum Gasteiger partial charge on any atom is -0.348 e. The number of pyridine rings is 1. The van der Waals surface area contributed by atoms with Gasteiger partial charge in [0.1, 0.15) is 0 Å². The molecule has 0 atom stereocenters. The van der Waals surface area contributed by atoms with Gasteiger partial charge in [-0.3, -0.25) is 14.3 Å². The second-order valence-electron chi connectivity index (χ2n) is 9.09. The number of carbonyl (C=O) groups excluding carboxylic acids is 1. The Kier molecular flexibility index (Phi) is 6.59. The Morgan fingerprint density at radius 1 is 0.914 bits per heavy atom. The number of nitrogens with two attached hydrogens (primary N) is 1. The van der Waals surface area contributed by atoms with Crippen molar-refractivity contribution in [2.24, 2.45) is 5.73 Å². The van der Waals surface area contributed by atoms with E-state index in [4.69, 9.17) is 10.8 Å². The highest BCUT2D eigenvalue weighted by Crippen LogP contribution is 2.40. The molecule has 2 aromatic carbocycles. The molecular weight excluding hydrogens is 438 g/mol. The van der Waals surface area contributed by atoms with E-state index in [2.05, 4.69) is 5.32 Å². The molecule has 1 aliphatic carbocycles. The molecule has 1 aliphatic rings. The average molecular weight is 468 g/mol. The van der Waals surface area contributed by atoms with Crippen LogP contribution in [0.5, 0.6) is 0 Å². The Morgan fingerprint density at radius 2 is 1.57 bits per heavy atom. The molecule has 1 amide bonds. The second-order valence-corrected chi connectivity index (χ2v) is 9.09. The minimum atomic E-state index is -0.0929. The summed E-state index contributed by atoms with van der Waals surface area (Å²) < 4.78 is 3.54. The molecule has 7 heteroatoms. The number of amides is 1. The predicted octanol–water partition coefficient (Wildman–Crippen LogP) is 3.41. The summed E-state index contributed by atoms with van der Waals surface area (Å²) in [5.74, 6) is 0.275. The molecule has 178 valence electrons. The second kappa shape index (κ2) is 10.1.